The largest absolute Gasteiger partial charge is 0.340 e. The number of halogens is 1. The fourth-order valence-corrected chi connectivity index (χ4v) is 3.06. The summed E-state index contributed by atoms with van der Waals surface area (Å²) in [6.45, 7) is 3.77. The number of aromatic nitrogens is 2. The van der Waals surface area contributed by atoms with Crippen LogP contribution >= 0.6 is 0 Å². The van der Waals surface area contributed by atoms with Crippen molar-refractivity contribution in [2.45, 2.75) is 32.5 Å². The van der Waals surface area contributed by atoms with Gasteiger partial charge in [0.25, 0.3) is 0 Å². The summed E-state index contributed by atoms with van der Waals surface area (Å²) in [5, 5.41) is 0. The van der Waals surface area contributed by atoms with Crippen molar-refractivity contribution in [1.29, 1.82) is 0 Å². The first kappa shape index (κ1) is 16.5. The molecule has 1 atom stereocenters. The number of carbonyl (C=O) groups excluding carboxylic acids is 1. The molecule has 1 aromatic carbocycles. The number of likely N-dealkylation sites (N-methyl/N-ethyl adjacent to an activating group) is 1. The molecular formula is C18H21FN4O. The van der Waals surface area contributed by atoms with Crippen molar-refractivity contribution in [1.82, 2.24) is 19.8 Å². The summed E-state index contributed by atoms with van der Waals surface area (Å²) in [5.41, 5.74) is 2.93. The van der Waals surface area contributed by atoms with Gasteiger partial charge in [0.05, 0.1) is 11.7 Å². The number of benzene rings is 1. The lowest BCUT2D eigenvalue weighted by Gasteiger charge is -2.34. The molecule has 0 radical (unpaired) electrons. The molecule has 1 aliphatic heterocycles. The summed E-state index contributed by atoms with van der Waals surface area (Å²) in [4.78, 5) is 24.8. The van der Waals surface area contributed by atoms with Crippen LogP contribution < -0.4 is 0 Å². The van der Waals surface area contributed by atoms with Gasteiger partial charge in [-0.05, 0) is 36.6 Å². The third kappa shape index (κ3) is 3.59. The Bertz CT molecular complexity index is 736. The van der Waals surface area contributed by atoms with E-state index >= 15 is 0 Å². The number of rotatable bonds is 4. The number of nitrogens with zero attached hydrogens (tertiary/aromatic N) is 4. The first-order valence-electron chi connectivity index (χ1n) is 8.06. The maximum absolute atomic E-state index is 13.3. The molecule has 0 spiro atoms. The summed E-state index contributed by atoms with van der Waals surface area (Å²) in [6, 6.07) is 6.11. The molecule has 3 rings (SSSR count). The van der Waals surface area contributed by atoms with Gasteiger partial charge in [-0.25, -0.2) is 14.4 Å². The van der Waals surface area contributed by atoms with E-state index in [-0.39, 0.29) is 17.8 Å². The van der Waals surface area contributed by atoms with Crippen LogP contribution in [0.15, 0.2) is 36.8 Å². The van der Waals surface area contributed by atoms with Crippen molar-refractivity contribution in [3.63, 3.8) is 0 Å². The van der Waals surface area contributed by atoms with E-state index in [1.807, 2.05) is 19.2 Å². The predicted octanol–water partition coefficient (Wildman–Crippen LogP) is 2.02. The monoisotopic (exact) mass is 328 g/mol. The first-order chi connectivity index (χ1) is 11.5. The van der Waals surface area contributed by atoms with Gasteiger partial charge in [-0.2, -0.15) is 0 Å². The summed E-state index contributed by atoms with van der Waals surface area (Å²) >= 11 is 0. The Morgan fingerprint density at radius 3 is 3.08 bits per heavy atom. The second kappa shape index (κ2) is 7.05. The van der Waals surface area contributed by atoms with E-state index in [1.54, 1.807) is 24.3 Å². The smallest absolute Gasteiger partial charge is 0.239 e. The van der Waals surface area contributed by atoms with Gasteiger partial charge in [0.15, 0.2) is 0 Å². The summed E-state index contributed by atoms with van der Waals surface area (Å²) in [6.07, 6.45) is 4.24. The normalized spacial score (nSPS) is 15.6. The van der Waals surface area contributed by atoms with Crippen LogP contribution in [0.4, 0.5) is 4.39 Å². The molecule has 6 heteroatoms. The van der Waals surface area contributed by atoms with E-state index in [0.29, 0.717) is 13.1 Å². The fourth-order valence-electron chi connectivity index (χ4n) is 3.06. The molecule has 0 fully saturated rings. The van der Waals surface area contributed by atoms with Gasteiger partial charge < -0.3 is 4.90 Å². The van der Waals surface area contributed by atoms with E-state index < -0.39 is 0 Å². The van der Waals surface area contributed by atoms with Crippen molar-refractivity contribution >= 4 is 5.91 Å². The SMILES string of the molecule is C[C@H](C(=O)N(C)Cc1cccc(F)c1)N1CCc2cncnc2C1. The lowest BCUT2D eigenvalue weighted by Crippen LogP contribution is -2.47. The number of fused-ring (bicyclic) bond motifs is 1. The number of hydrogen-bond donors (Lipinski definition) is 0. The highest BCUT2D eigenvalue weighted by atomic mass is 19.1. The molecule has 0 saturated heterocycles. The second-order valence-corrected chi connectivity index (χ2v) is 6.22. The van der Waals surface area contributed by atoms with Crippen LogP contribution in [0.3, 0.4) is 0 Å². The Morgan fingerprint density at radius 1 is 1.46 bits per heavy atom. The molecule has 24 heavy (non-hydrogen) atoms. The Balaban J connectivity index is 1.64. The van der Waals surface area contributed by atoms with Gasteiger partial charge in [0.2, 0.25) is 5.91 Å². The molecule has 2 heterocycles. The summed E-state index contributed by atoms with van der Waals surface area (Å²) in [5.74, 6) is -0.259. The van der Waals surface area contributed by atoms with Crippen molar-refractivity contribution < 1.29 is 9.18 Å². The van der Waals surface area contributed by atoms with Crippen LogP contribution in [-0.4, -0.2) is 45.3 Å². The topological polar surface area (TPSA) is 49.3 Å². The van der Waals surface area contributed by atoms with Gasteiger partial charge in [-0.1, -0.05) is 12.1 Å². The Labute approximate surface area is 141 Å². The molecule has 0 bridgehead atoms. The maximum atomic E-state index is 13.3. The van der Waals surface area contributed by atoms with Crippen LogP contribution in [0.1, 0.15) is 23.7 Å². The molecule has 5 nitrogen and oxygen atoms in total. The van der Waals surface area contributed by atoms with Crippen LogP contribution in [0.5, 0.6) is 0 Å². The molecule has 0 saturated carbocycles. The zero-order valence-electron chi connectivity index (χ0n) is 13.9. The fraction of sp³-hybridized carbons (Fsp3) is 0.389. The summed E-state index contributed by atoms with van der Waals surface area (Å²) in [7, 11) is 1.75. The molecule has 126 valence electrons. The van der Waals surface area contributed by atoms with Crippen LogP contribution in [0.2, 0.25) is 0 Å². The van der Waals surface area contributed by atoms with Gasteiger partial charge in [0.1, 0.15) is 12.1 Å². The number of hydrogen-bond acceptors (Lipinski definition) is 4. The molecule has 0 unspecified atom stereocenters. The maximum Gasteiger partial charge on any atom is 0.239 e. The van der Waals surface area contributed by atoms with Crippen molar-refractivity contribution in [3.8, 4) is 0 Å². The minimum absolute atomic E-state index is 0.0248. The lowest BCUT2D eigenvalue weighted by atomic mass is 10.0. The third-order valence-electron chi connectivity index (χ3n) is 4.49. The van der Waals surface area contributed by atoms with Crippen molar-refractivity contribution in [2.75, 3.05) is 13.6 Å². The molecule has 0 aliphatic carbocycles. The van der Waals surface area contributed by atoms with Gasteiger partial charge in [-0.3, -0.25) is 9.69 Å². The quantitative estimate of drug-likeness (QED) is 0.862. The number of amides is 1. The van der Waals surface area contributed by atoms with E-state index in [1.165, 1.54) is 12.1 Å². The van der Waals surface area contributed by atoms with Gasteiger partial charge in [-0.15, -0.1) is 0 Å². The molecule has 0 N–H and O–H groups in total. The standard InChI is InChI=1S/C18H21FN4O/c1-13(23-7-6-15-9-20-12-21-17(15)11-23)18(24)22(2)10-14-4-3-5-16(19)8-14/h3-5,8-9,12-13H,6-7,10-11H2,1-2H3/t13-/m1/s1. The van der Waals surface area contributed by atoms with E-state index in [9.17, 15) is 9.18 Å². The van der Waals surface area contributed by atoms with Crippen LogP contribution in [0, 0.1) is 5.82 Å². The minimum atomic E-state index is -0.284. The second-order valence-electron chi connectivity index (χ2n) is 6.22. The highest BCUT2D eigenvalue weighted by Crippen LogP contribution is 2.19. The zero-order chi connectivity index (χ0) is 17.1. The third-order valence-corrected chi connectivity index (χ3v) is 4.49. The van der Waals surface area contributed by atoms with Crippen molar-refractivity contribution in [2.24, 2.45) is 0 Å². The highest BCUT2D eigenvalue weighted by Gasteiger charge is 2.28. The molecule has 2 aromatic rings. The average Bonchev–Trinajstić information content (AvgIpc) is 2.60. The molecule has 1 aliphatic rings. The van der Waals surface area contributed by atoms with Gasteiger partial charge in [0, 0.05) is 32.9 Å². The number of carbonyl (C=O) groups is 1. The first-order valence-corrected chi connectivity index (χ1v) is 8.06. The predicted molar refractivity (Wildman–Crippen MR) is 88.5 cm³/mol. The molecule has 1 amide bonds. The summed E-state index contributed by atoms with van der Waals surface area (Å²) < 4.78 is 13.3. The van der Waals surface area contributed by atoms with E-state index in [4.69, 9.17) is 0 Å². The minimum Gasteiger partial charge on any atom is -0.340 e. The average molecular weight is 328 g/mol. The van der Waals surface area contributed by atoms with Crippen LogP contribution in [-0.2, 0) is 24.3 Å². The van der Waals surface area contributed by atoms with Crippen LogP contribution in [0.25, 0.3) is 0 Å². The Kier molecular flexibility index (Phi) is 4.85. The van der Waals surface area contributed by atoms with Gasteiger partial charge >= 0.3 is 0 Å². The zero-order valence-corrected chi connectivity index (χ0v) is 13.9. The molecule has 1 aromatic heterocycles. The highest BCUT2D eigenvalue weighted by molar-refractivity contribution is 5.81. The Morgan fingerprint density at radius 2 is 2.29 bits per heavy atom. The molecular weight excluding hydrogens is 307 g/mol. The Hall–Kier alpha value is -2.34. The van der Waals surface area contributed by atoms with E-state index in [0.717, 1.165) is 29.8 Å². The van der Waals surface area contributed by atoms with E-state index in [2.05, 4.69) is 14.9 Å². The lowest BCUT2D eigenvalue weighted by molar-refractivity contribution is -0.136. The van der Waals surface area contributed by atoms with Crippen molar-refractivity contribution in [3.05, 3.63) is 59.4 Å².